The highest BCUT2D eigenvalue weighted by Crippen LogP contribution is 2.55. The van der Waals surface area contributed by atoms with Crippen LogP contribution in [0, 0.1) is 6.92 Å². The summed E-state index contributed by atoms with van der Waals surface area (Å²) in [6.45, 7) is 11.3. The van der Waals surface area contributed by atoms with Gasteiger partial charge in [-0.25, -0.2) is 0 Å². The van der Waals surface area contributed by atoms with Crippen molar-refractivity contribution in [2.75, 3.05) is 0 Å². The molecule has 0 fully saturated rings. The fourth-order valence-corrected chi connectivity index (χ4v) is 9.57. The van der Waals surface area contributed by atoms with Gasteiger partial charge >= 0.3 is 0 Å². The molecule has 5 heteroatoms. The highest BCUT2D eigenvalue weighted by atomic mass is 35.5. The number of aromatic hydroxyl groups is 1. The normalized spacial score (nSPS) is 14.4. The molecule has 6 aromatic carbocycles. The van der Waals surface area contributed by atoms with Crippen molar-refractivity contribution in [3.8, 4) is 39.6 Å². The van der Waals surface area contributed by atoms with E-state index in [4.69, 9.17) is 23.2 Å². The average Bonchev–Trinajstić information content (AvgIpc) is 3.78. The molecule has 2 aromatic heterocycles. The van der Waals surface area contributed by atoms with Gasteiger partial charge in [-0.15, -0.1) is 0 Å². The van der Waals surface area contributed by atoms with E-state index < -0.39 is 0 Å². The maximum Gasteiger partial charge on any atom is 0.119 e. The number of halogens is 2. The summed E-state index contributed by atoms with van der Waals surface area (Å²) in [5.41, 5.74) is 15.9. The summed E-state index contributed by atoms with van der Waals surface area (Å²) < 4.78 is 4.61. The number of phenolic OH excluding ortho intramolecular Hbond substituents is 1. The number of phenols is 1. The molecule has 0 aliphatic heterocycles. The smallest absolute Gasteiger partial charge is 0.119 e. The standard InChI is InChI=1S/C24H20ClN.C23H18ClNO/c1-15-12-16(25)14-17(13-15)26-21-11-7-5-9-19(21)22-23(26)18-8-4-6-10-20(18)24(22,2)3;1-23(2)19-9-5-3-7-17(19)22-21(23)18-8-4-6-10-20(18)25(22)15-11-14(24)12-16(26)13-15/h4-14H,1-3H3;3-13,26H,1-2H3. The van der Waals surface area contributed by atoms with Crippen molar-refractivity contribution in [3.63, 3.8) is 0 Å². The van der Waals surface area contributed by atoms with Crippen molar-refractivity contribution in [2.45, 2.75) is 45.4 Å². The quantitative estimate of drug-likeness (QED) is 0.190. The minimum atomic E-state index is -0.0859. The first-order valence-electron chi connectivity index (χ1n) is 17.7. The number of hydrogen-bond acceptors (Lipinski definition) is 1. The molecule has 0 amide bonds. The molecular weight excluding hydrogens is 679 g/mol. The number of fused-ring (bicyclic) bond motifs is 10. The van der Waals surface area contributed by atoms with Gasteiger partial charge in [-0.3, -0.25) is 0 Å². The zero-order valence-electron chi connectivity index (χ0n) is 29.8. The first kappa shape index (κ1) is 32.7. The molecule has 2 aliphatic carbocycles. The number of aryl methyl sites for hydroxylation is 1. The number of para-hydroxylation sites is 2. The molecule has 0 radical (unpaired) electrons. The van der Waals surface area contributed by atoms with Crippen LogP contribution in [0.5, 0.6) is 5.75 Å². The van der Waals surface area contributed by atoms with Gasteiger partial charge in [-0.2, -0.15) is 0 Å². The third kappa shape index (κ3) is 4.72. The van der Waals surface area contributed by atoms with Gasteiger partial charge in [0.15, 0.2) is 0 Å². The van der Waals surface area contributed by atoms with E-state index in [-0.39, 0.29) is 16.6 Å². The first-order chi connectivity index (χ1) is 25.0. The number of nitrogens with zero attached hydrogens (tertiary/aromatic N) is 2. The monoisotopic (exact) mass is 716 g/mol. The van der Waals surface area contributed by atoms with E-state index in [1.54, 1.807) is 12.1 Å². The third-order valence-corrected chi connectivity index (χ3v) is 11.6. The fraction of sp³-hybridized carbons (Fsp3) is 0.149. The molecule has 10 rings (SSSR count). The van der Waals surface area contributed by atoms with E-state index in [1.165, 1.54) is 66.6 Å². The van der Waals surface area contributed by atoms with Crippen molar-refractivity contribution < 1.29 is 5.11 Å². The molecule has 8 aromatic rings. The lowest BCUT2D eigenvalue weighted by molar-refractivity contribution is 0.475. The van der Waals surface area contributed by atoms with Gasteiger partial charge in [-0.05, 0) is 77.2 Å². The Bertz CT molecular complexity index is 2520. The molecule has 0 saturated carbocycles. The van der Waals surface area contributed by atoms with Crippen LogP contribution in [-0.4, -0.2) is 14.2 Å². The Kier molecular flexibility index (Phi) is 7.32. The van der Waals surface area contributed by atoms with Crippen LogP contribution in [0.25, 0.3) is 55.7 Å². The van der Waals surface area contributed by atoms with Gasteiger partial charge in [0, 0.05) is 54.5 Å². The molecular formula is C47H38Cl2N2O. The van der Waals surface area contributed by atoms with E-state index in [1.807, 2.05) is 12.1 Å². The van der Waals surface area contributed by atoms with Gasteiger partial charge in [0.1, 0.15) is 5.75 Å². The van der Waals surface area contributed by atoms with Crippen LogP contribution >= 0.6 is 23.2 Å². The molecule has 2 heterocycles. The lowest BCUT2D eigenvalue weighted by atomic mass is 9.81. The number of aromatic nitrogens is 2. The Morgan fingerprint density at radius 1 is 0.500 bits per heavy atom. The molecule has 0 spiro atoms. The largest absolute Gasteiger partial charge is 0.508 e. The predicted molar refractivity (Wildman–Crippen MR) is 218 cm³/mol. The summed E-state index contributed by atoms with van der Waals surface area (Å²) in [6.07, 6.45) is 0. The number of rotatable bonds is 2. The summed E-state index contributed by atoms with van der Waals surface area (Å²) in [4.78, 5) is 0. The molecule has 0 unspecified atom stereocenters. The highest BCUT2D eigenvalue weighted by Gasteiger charge is 2.41. The number of benzene rings is 6. The summed E-state index contributed by atoms with van der Waals surface area (Å²) in [5.74, 6) is 0.171. The summed E-state index contributed by atoms with van der Waals surface area (Å²) in [6, 6.07) is 46.0. The number of hydrogen-bond donors (Lipinski definition) is 1. The van der Waals surface area contributed by atoms with Crippen LogP contribution in [0.2, 0.25) is 10.0 Å². The molecule has 2 aliphatic rings. The Hall–Kier alpha value is -5.22. The maximum absolute atomic E-state index is 10.1. The molecule has 0 saturated heterocycles. The molecule has 0 bridgehead atoms. The summed E-state index contributed by atoms with van der Waals surface area (Å²) >= 11 is 12.7. The first-order valence-corrected chi connectivity index (χ1v) is 18.5. The summed E-state index contributed by atoms with van der Waals surface area (Å²) in [7, 11) is 0. The maximum atomic E-state index is 10.1. The Balaban J connectivity index is 0.000000138. The van der Waals surface area contributed by atoms with Crippen LogP contribution in [0.4, 0.5) is 0 Å². The average molecular weight is 718 g/mol. The van der Waals surface area contributed by atoms with Gasteiger partial charge in [-0.1, -0.05) is 136 Å². The van der Waals surface area contributed by atoms with E-state index in [2.05, 4.69) is 153 Å². The van der Waals surface area contributed by atoms with Crippen molar-refractivity contribution in [2.24, 2.45) is 0 Å². The lowest BCUT2D eigenvalue weighted by Crippen LogP contribution is -2.14. The van der Waals surface area contributed by atoms with Crippen LogP contribution < -0.4 is 0 Å². The van der Waals surface area contributed by atoms with Crippen molar-refractivity contribution in [1.82, 2.24) is 9.13 Å². The molecule has 256 valence electrons. The Labute approximate surface area is 314 Å². The van der Waals surface area contributed by atoms with Gasteiger partial charge in [0.05, 0.1) is 28.1 Å². The van der Waals surface area contributed by atoms with Crippen molar-refractivity contribution in [3.05, 3.63) is 171 Å². The van der Waals surface area contributed by atoms with E-state index in [9.17, 15) is 5.11 Å². The second-order valence-corrected chi connectivity index (χ2v) is 16.0. The predicted octanol–water partition coefficient (Wildman–Crippen LogP) is 13.2. The van der Waals surface area contributed by atoms with Crippen LogP contribution in [-0.2, 0) is 10.8 Å². The van der Waals surface area contributed by atoms with E-state index in [0.29, 0.717) is 5.02 Å². The van der Waals surface area contributed by atoms with E-state index >= 15 is 0 Å². The van der Waals surface area contributed by atoms with Gasteiger partial charge in [0.2, 0.25) is 0 Å². The minimum Gasteiger partial charge on any atom is -0.508 e. The zero-order valence-corrected chi connectivity index (χ0v) is 31.3. The highest BCUT2D eigenvalue weighted by molar-refractivity contribution is 6.31. The van der Waals surface area contributed by atoms with Crippen LogP contribution in [0.1, 0.15) is 55.5 Å². The third-order valence-electron chi connectivity index (χ3n) is 11.1. The SMILES string of the molecule is CC1(C)c2ccccc2-c2c1c1ccccc1n2-c1cc(O)cc(Cl)c1.Cc1cc(Cl)cc(-n2c3c(c4ccccc42)C(C)(C)c2ccccc2-3)c1. The zero-order chi connectivity index (χ0) is 36.1. The molecule has 0 atom stereocenters. The topological polar surface area (TPSA) is 30.1 Å². The van der Waals surface area contributed by atoms with Crippen LogP contribution in [0.3, 0.4) is 0 Å². The van der Waals surface area contributed by atoms with E-state index in [0.717, 1.165) is 21.9 Å². The van der Waals surface area contributed by atoms with Crippen molar-refractivity contribution >= 4 is 45.0 Å². The van der Waals surface area contributed by atoms with Gasteiger partial charge in [0.25, 0.3) is 0 Å². The van der Waals surface area contributed by atoms with Crippen LogP contribution in [0.15, 0.2) is 133 Å². The second kappa shape index (κ2) is 11.6. The Morgan fingerprint density at radius 3 is 1.40 bits per heavy atom. The second-order valence-electron chi connectivity index (χ2n) is 15.1. The van der Waals surface area contributed by atoms with Gasteiger partial charge < -0.3 is 14.2 Å². The summed E-state index contributed by atoms with van der Waals surface area (Å²) in [5, 5.41) is 14.0. The van der Waals surface area contributed by atoms with Crippen molar-refractivity contribution in [1.29, 1.82) is 0 Å². The lowest BCUT2D eigenvalue weighted by Gasteiger charge is -2.21. The molecule has 3 nitrogen and oxygen atoms in total. The minimum absolute atomic E-state index is 0.0234. The molecule has 1 N–H and O–H groups in total. The molecule has 52 heavy (non-hydrogen) atoms. The Morgan fingerprint density at radius 2 is 0.923 bits per heavy atom. The fourth-order valence-electron chi connectivity index (χ4n) is 9.06.